The van der Waals surface area contributed by atoms with Gasteiger partial charge in [-0.25, -0.2) is 15.0 Å². The van der Waals surface area contributed by atoms with Crippen LogP contribution in [0.2, 0.25) is 5.15 Å². The van der Waals surface area contributed by atoms with Crippen LogP contribution in [0.15, 0.2) is 47.2 Å². The normalized spacial score (nSPS) is 10.3. The van der Waals surface area contributed by atoms with Gasteiger partial charge in [0.05, 0.1) is 4.47 Å². The van der Waals surface area contributed by atoms with Gasteiger partial charge in [-0.3, -0.25) is 0 Å². The Hall–Kier alpha value is -2.45. The number of anilines is 3. The zero-order valence-electron chi connectivity index (χ0n) is 11.6. The molecule has 0 bridgehead atoms. The van der Waals surface area contributed by atoms with Crippen LogP contribution in [-0.2, 0) is 0 Å². The molecular formula is C14H10BrClN6O. The maximum absolute atomic E-state index is 5.85. The molecule has 7 nitrogen and oxygen atoms in total. The lowest BCUT2D eigenvalue weighted by atomic mass is 10.3. The van der Waals surface area contributed by atoms with Crippen molar-refractivity contribution in [2.75, 3.05) is 11.1 Å². The van der Waals surface area contributed by atoms with Gasteiger partial charge in [0.2, 0.25) is 5.95 Å². The van der Waals surface area contributed by atoms with E-state index in [1.54, 1.807) is 30.6 Å². The van der Waals surface area contributed by atoms with Gasteiger partial charge in [-0.1, -0.05) is 17.7 Å². The summed E-state index contributed by atoms with van der Waals surface area (Å²) in [6.07, 6.45) is 3.21. The number of nitrogens with one attached hydrogen (secondary N) is 1. The highest BCUT2D eigenvalue weighted by molar-refractivity contribution is 9.10. The lowest BCUT2D eigenvalue weighted by Gasteiger charge is -2.08. The molecule has 2 heterocycles. The van der Waals surface area contributed by atoms with Gasteiger partial charge in [-0.05, 0) is 28.1 Å². The highest BCUT2D eigenvalue weighted by Crippen LogP contribution is 2.24. The van der Waals surface area contributed by atoms with E-state index in [9.17, 15) is 0 Å². The van der Waals surface area contributed by atoms with Gasteiger partial charge in [-0.15, -0.1) is 0 Å². The molecule has 3 N–H and O–H groups in total. The quantitative estimate of drug-likeness (QED) is 0.650. The highest BCUT2D eigenvalue weighted by atomic mass is 79.9. The van der Waals surface area contributed by atoms with Crippen LogP contribution in [0, 0.1) is 0 Å². The van der Waals surface area contributed by atoms with Crippen molar-refractivity contribution in [1.29, 1.82) is 0 Å². The SMILES string of the molecule is Nc1nc(Cl)cc(Nc2cccc(Oc3ncc(Br)cn3)c2)n1. The molecule has 0 aliphatic rings. The molecular weight excluding hydrogens is 384 g/mol. The molecule has 0 radical (unpaired) electrons. The summed E-state index contributed by atoms with van der Waals surface area (Å²) in [4.78, 5) is 16.0. The predicted molar refractivity (Wildman–Crippen MR) is 91.0 cm³/mol. The Morgan fingerprint density at radius 3 is 2.65 bits per heavy atom. The van der Waals surface area contributed by atoms with Crippen molar-refractivity contribution < 1.29 is 4.74 Å². The number of nitrogens with zero attached hydrogens (tertiary/aromatic N) is 4. The summed E-state index contributed by atoms with van der Waals surface area (Å²) in [5.41, 5.74) is 6.31. The summed E-state index contributed by atoms with van der Waals surface area (Å²) >= 11 is 9.12. The van der Waals surface area contributed by atoms with Crippen LogP contribution in [0.3, 0.4) is 0 Å². The highest BCUT2D eigenvalue weighted by Gasteiger charge is 2.04. The second kappa shape index (κ2) is 6.76. The lowest BCUT2D eigenvalue weighted by molar-refractivity contribution is 0.441. The number of aromatic nitrogens is 4. The Kier molecular flexibility index (Phi) is 4.54. The van der Waals surface area contributed by atoms with Crippen molar-refractivity contribution in [3.8, 4) is 11.8 Å². The minimum Gasteiger partial charge on any atom is -0.424 e. The number of hydrogen-bond donors (Lipinski definition) is 2. The van der Waals surface area contributed by atoms with E-state index in [0.717, 1.165) is 10.2 Å². The van der Waals surface area contributed by atoms with Crippen molar-refractivity contribution in [2.24, 2.45) is 0 Å². The number of halogens is 2. The van der Waals surface area contributed by atoms with Gasteiger partial charge in [0.1, 0.15) is 16.7 Å². The standard InChI is InChI=1S/C14H10BrClN6O/c15-8-6-18-14(19-7-8)23-10-3-1-2-9(4-10)20-12-5-11(16)21-13(17)22-12/h1-7H,(H3,17,20,21,22). The molecule has 0 aliphatic carbocycles. The average Bonchev–Trinajstić information content (AvgIpc) is 2.49. The van der Waals surface area contributed by atoms with E-state index in [0.29, 0.717) is 11.6 Å². The number of benzene rings is 1. The number of rotatable bonds is 4. The van der Waals surface area contributed by atoms with E-state index in [-0.39, 0.29) is 17.1 Å². The third-order valence-electron chi connectivity index (χ3n) is 2.62. The van der Waals surface area contributed by atoms with Crippen molar-refractivity contribution in [1.82, 2.24) is 19.9 Å². The van der Waals surface area contributed by atoms with Gasteiger partial charge in [0.25, 0.3) is 0 Å². The van der Waals surface area contributed by atoms with Gasteiger partial charge in [-0.2, -0.15) is 4.98 Å². The molecule has 0 fully saturated rings. The summed E-state index contributed by atoms with van der Waals surface area (Å²) in [6.45, 7) is 0. The van der Waals surface area contributed by atoms with Crippen LogP contribution < -0.4 is 15.8 Å². The molecule has 2 aromatic heterocycles. The van der Waals surface area contributed by atoms with E-state index in [1.807, 2.05) is 12.1 Å². The second-order valence-electron chi connectivity index (χ2n) is 4.37. The zero-order chi connectivity index (χ0) is 16.2. The Balaban J connectivity index is 1.78. The molecule has 0 saturated carbocycles. The number of nitrogen functional groups attached to an aromatic ring is 1. The summed E-state index contributed by atoms with van der Waals surface area (Å²) in [6, 6.07) is 9.06. The first-order chi connectivity index (χ1) is 11.1. The maximum Gasteiger partial charge on any atom is 0.321 e. The Morgan fingerprint density at radius 1 is 1.13 bits per heavy atom. The summed E-state index contributed by atoms with van der Waals surface area (Å²) in [5.74, 6) is 1.15. The first-order valence-electron chi connectivity index (χ1n) is 6.41. The van der Waals surface area contributed by atoms with Crippen LogP contribution >= 0.6 is 27.5 Å². The van der Waals surface area contributed by atoms with E-state index in [1.165, 1.54) is 0 Å². The molecule has 0 amide bonds. The number of nitrogens with two attached hydrogens (primary N) is 1. The van der Waals surface area contributed by atoms with Crippen molar-refractivity contribution in [3.05, 3.63) is 52.4 Å². The third-order valence-corrected chi connectivity index (χ3v) is 3.23. The molecule has 0 saturated heterocycles. The summed E-state index contributed by atoms with van der Waals surface area (Å²) in [7, 11) is 0. The fourth-order valence-corrected chi connectivity index (χ4v) is 2.14. The van der Waals surface area contributed by atoms with Crippen molar-refractivity contribution >= 4 is 45.0 Å². The van der Waals surface area contributed by atoms with Gasteiger partial charge < -0.3 is 15.8 Å². The molecule has 0 spiro atoms. The van der Waals surface area contributed by atoms with Crippen LogP contribution in [0.1, 0.15) is 0 Å². The monoisotopic (exact) mass is 392 g/mol. The van der Waals surface area contributed by atoms with E-state index in [2.05, 4.69) is 41.2 Å². The smallest absolute Gasteiger partial charge is 0.321 e. The molecule has 3 aromatic rings. The molecule has 23 heavy (non-hydrogen) atoms. The van der Waals surface area contributed by atoms with E-state index < -0.39 is 0 Å². The van der Waals surface area contributed by atoms with Gasteiger partial charge in [0, 0.05) is 30.2 Å². The summed E-state index contributed by atoms with van der Waals surface area (Å²) < 4.78 is 6.37. The van der Waals surface area contributed by atoms with E-state index >= 15 is 0 Å². The van der Waals surface area contributed by atoms with E-state index in [4.69, 9.17) is 22.1 Å². The Labute approximate surface area is 145 Å². The number of hydrogen-bond acceptors (Lipinski definition) is 7. The first-order valence-corrected chi connectivity index (χ1v) is 7.58. The first kappa shape index (κ1) is 15.4. The minimum absolute atomic E-state index is 0.0932. The Bertz CT molecular complexity index is 810. The largest absolute Gasteiger partial charge is 0.424 e. The second-order valence-corrected chi connectivity index (χ2v) is 5.68. The summed E-state index contributed by atoms with van der Waals surface area (Å²) in [5, 5.41) is 3.34. The molecule has 0 atom stereocenters. The van der Waals surface area contributed by atoms with Crippen molar-refractivity contribution in [3.63, 3.8) is 0 Å². The molecule has 0 aliphatic heterocycles. The van der Waals surface area contributed by atoms with Gasteiger partial charge in [0.15, 0.2) is 0 Å². The lowest BCUT2D eigenvalue weighted by Crippen LogP contribution is -2.00. The molecule has 1 aromatic carbocycles. The van der Waals surface area contributed by atoms with Crippen molar-refractivity contribution in [2.45, 2.75) is 0 Å². The van der Waals surface area contributed by atoms with Gasteiger partial charge >= 0.3 is 6.01 Å². The molecule has 116 valence electrons. The average molecular weight is 394 g/mol. The Morgan fingerprint density at radius 2 is 1.91 bits per heavy atom. The van der Waals surface area contributed by atoms with Crippen LogP contribution in [0.5, 0.6) is 11.8 Å². The fourth-order valence-electron chi connectivity index (χ4n) is 1.74. The van der Waals surface area contributed by atoms with Crippen LogP contribution in [0.25, 0.3) is 0 Å². The molecule has 0 unspecified atom stereocenters. The third kappa shape index (κ3) is 4.27. The zero-order valence-corrected chi connectivity index (χ0v) is 13.9. The molecule has 3 rings (SSSR count). The maximum atomic E-state index is 5.85. The minimum atomic E-state index is 0.0932. The topological polar surface area (TPSA) is 98.8 Å². The number of ether oxygens (including phenoxy) is 1. The van der Waals surface area contributed by atoms with Crippen LogP contribution in [-0.4, -0.2) is 19.9 Å². The fraction of sp³-hybridized carbons (Fsp3) is 0. The van der Waals surface area contributed by atoms with Crippen LogP contribution in [0.4, 0.5) is 17.5 Å². The molecule has 9 heteroatoms. The predicted octanol–water partition coefficient (Wildman–Crippen LogP) is 3.80.